The number of fused-ring (bicyclic) bond motifs is 3. The Balaban J connectivity index is 2.00. The van der Waals surface area contributed by atoms with Crippen molar-refractivity contribution in [2.75, 3.05) is 11.4 Å². The van der Waals surface area contributed by atoms with Crippen molar-refractivity contribution in [1.82, 2.24) is 18.7 Å². The average molecular weight is 395 g/mol. The van der Waals surface area contributed by atoms with Gasteiger partial charge in [-0.2, -0.15) is 4.98 Å². The molecule has 152 valence electrons. The Bertz CT molecular complexity index is 1260. The Kier molecular flexibility index (Phi) is 4.44. The van der Waals surface area contributed by atoms with E-state index in [4.69, 9.17) is 4.98 Å². The van der Waals surface area contributed by atoms with Gasteiger partial charge in [0.2, 0.25) is 5.95 Å². The van der Waals surface area contributed by atoms with Crippen LogP contribution in [-0.4, -0.2) is 31.0 Å². The van der Waals surface area contributed by atoms with Crippen molar-refractivity contribution in [3.05, 3.63) is 50.2 Å². The van der Waals surface area contributed by atoms with E-state index >= 15 is 0 Å². The van der Waals surface area contributed by atoms with Crippen LogP contribution in [0.4, 0.5) is 11.6 Å². The molecular weight excluding hydrogens is 370 g/mol. The second-order valence-electron chi connectivity index (χ2n) is 8.11. The lowest BCUT2D eigenvalue weighted by molar-refractivity contribution is -0.117. The van der Waals surface area contributed by atoms with E-state index in [0.717, 1.165) is 16.8 Å². The monoisotopic (exact) mass is 395 g/mol. The van der Waals surface area contributed by atoms with E-state index in [1.165, 1.54) is 22.6 Å². The summed E-state index contributed by atoms with van der Waals surface area (Å²) in [6.45, 7) is 8.78. The largest absolute Gasteiger partial charge is 0.332 e. The third-order valence-corrected chi connectivity index (χ3v) is 5.63. The number of nitrogens with zero attached hydrogens (tertiary/aromatic N) is 5. The highest BCUT2D eigenvalue weighted by atomic mass is 16.2. The molecule has 1 aliphatic rings. The number of ketones is 1. The molecule has 0 aliphatic carbocycles. The Labute approximate surface area is 168 Å². The van der Waals surface area contributed by atoms with E-state index < -0.39 is 11.2 Å². The zero-order valence-electron chi connectivity index (χ0n) is 17.4. The smallest absolute Gasteiger partial charge is 0.312 e. The van der Waals surface area contributed by atoms with E-state index in [1.807, 2.05) is 4.57 Å². The molecule has 1 atom stereocenters. The Morgan fingerprint density at radius 3 is 2.55 bits per heavy atom. The lowest BCUT2D eigenvalue weighted by Gasteiger charge is -2.33. The third-order valence-electron chi connectivity index (χ3n) is 5.63. The molecule has 1 aliphatic heterocycles. The van der Waals surface area contributed by atoms with Gasteiger partial charge in [-0.25, -0.2) is 4.79 Å². The number of hydrogen-bond donors (Lipinski definition) is 0. The summed E-state index contributed by atoms with van der Waals surface area (Å²) in [6.07, 6.45) is 0. The van der Waals surface area contributed by atoms with Crippen molar-refractivity contribution in [2.45, 2.75) is 40.8 Å². The molecule has 0 spiro atoms. The summed E-state index contributed by atoms with van der Waals surface area (Å²) < 4.78 is 4.24. The number of imidazole rings is 1. The van der Waals surface area contributed by atoms with Gasteiger partial charge >= 0.3 is 5.69 Å². The number of rotatable bonds is 3. The van der Waals surface area contributed by atoms with Crippen LogP contribution < -0.4 is 16.1 Å². The standard InChI is InChI=1S/C21H25N5O3/c1-12-9-24(16-7-6-13(2)14(3)8-16)20-22-18-17(25(20)10-12)19(28)26(11-15(4)27)21(29)23(18)5/h6-8,12H,9-11H2,1-5H3/t12-/m1/s1. The number of aromatic nitrogens is 4. The molecule has 4 rings (SSSR count). The van der Waals surface area contributed by atoms with E-state index in [2.05, 4.69) is 43.9 Å². The molecule has 8 heteroatoms. The minimum absolute atomic E-state index is 0.238. The molecule has 0 saturated heterocycles. The summed E-state index contributed by atoms with van der Waals surface area (Å²) in [5.74, 6) is 0.681. The van der Waals surface area contributed by atoms with Crippen molar-refractivity contribution in [3.8, 4) is 0 Å². The van der Waals surface area contributed by atoms with Crippen molar-refractivity contribution in [1.29, 1.82) is 0 Å². The topological polar surface area (TPSA) is 82.1 Å². The molecule has 0 saturated carbocycles. The quantitative estimate of drug-likeness (QED) is 0.676. The Morgan fingerprint density at radius 2 is 1.90 bits per heavy atom. The summed E-state index contributed by atoms with van der Waals surface area (Å²) in [5.41, 5.74) is 3.11. The second-order valence-corrected chi connectivity index (χ2v) is 8.11. The highest BCUT2D eigenvalue weighted by Gasteiger charge is 2.30. The summed E-state index contributed by atoms with van der Waals surface area (Å²) in [6, 6.07) is 6.24. The molecule has 29 heavy (non-hydrogen) atoms. The van der Waals surface area contributed by atoms with Crippen LogP contribution in [0.25, 0.3) is 11.2 Å². The Morgan fingerprint density at radius 1 is 1.17 bits per heavy atom. The highest BCUT2D eigenvalue weighted by Crippen LogP contribution is 2.33. The molecule has 0 amide bonds. The Hall–Kier alpha value is -3.16. The summed E-state index contributed by atoms with van der Waals surface area (Å²) in [7, 11) is 1.59. The van der Waals surface area contributed by atoms with Gasteiger partial charge in [-0.05, 0) is 49.9 Å². The first-order valence-corrected chi connectivity index (χ1v) is 9.73. The van der Waals surface area contributed by atoms with E-state index in [0.29, 0.717) is 23.7 Å². The number of Topliss-reactive ketones (excluding diaryl/α,β-unsaturated/α-hetero) is 1. The number of anilines is 2. The molecule has 0 radical (unpaired) electrons. The number of hydrogen-bond acceptors (Lipinski definition) is 5. The van der Waals surface area contributed by atoms with Crippen LogP contribution in [0.1, 0.15) is 25.0 Å². The number of carbonyl (C=O) groups excluding carboxylic acids is 1. The minimum Gasteiger partial charge on any atom is -0.312 e. The molecule has 1 aromatic carbocycles. The van der Waals surface area contributed by atoms with Crippen molar-refractivity contribution in [3.63, 3.8) is 0 Å². The average Bonchev–Trinajstić information content (AvgIpc) is 3.04. The van der Waals surface area contributed by atoms with Crippen LogP contribution in [0, 0.1) is 19.8 Å². The number of carbonyl (C=O) groups is 1. The normalized spacial score (nSPS) is 16.3. The van der Waals surface area contributed by atoms with Crippen LogP contribution in [0.3, 0.4) is 0 Å². The fourth-order valence-corrected chi connectivity index (χ4v) is 3.98. The van der Waals surface area contributed by atoms with Gasteiger partial charge in [-0.15, -0.1) is 0 Å². The summed E-state index contributed by atoms with van der Waals surface area (Å²) >= 11 is 0. The first-order valence-electron chi connectivity index (χ1n) is 9.73. The van der Waals surface area contributed by atoms with E-state index in [-0.39, 0.29) is 18.2 Å². The van der Waals surface area contributed by atoms with Crippen LogP contribution in [0.2, 0.25) is 0 Å². The predicted molar refractivity (Wildman–Crippen MR) is 112 cm³/mol. The fraction of sp³-hybridized carbons (Fsp3) is 0.429. The molecule has 0 fully saturated rings. The first kappa shape index (κ1) is 19.2. The fourth-order valence-electron chi connectivity index (χ4n) is 3.98. The predicted octanol–water partition coefficient (Wildman–Crippen LogP) is 1.89. The third kappa shape index (κ3) is 2.99. The van der Waals surface area contributed by atoms with Gasteiger partial charge in [0, 0.05) is 25.8 Å². The van der Waals surface area contributed by atoms with Crippen LogP contribution >= 0.6 is 0 Å². The maximum absolute atomic E-state index is 13.1. The maximum Gasteiger partial charge on any atom is 0.332 e. The molecule has 0 bridgehead atoms. The summed E-state index contributed by atoms with van der Waals surface area (Å²) in [5, 5.41) is 0. The van der Waals surface area contributed by atoms with Gasteiger partial charge in [0.05, 0.1) is 6.54 Å². The van der Waals surface area contributed by atoms with Crippen molar-refractivity contribution >= 4 is 28.6 Å². The molecule has 8 nitrogen and oxygen atoms in total. The van der Waals surface area contributed by atoms with Crippen molar-refractivity contribution in [2.24, 2.45) is 13.0 Å². The molecular formula is C21H25N5O3. The van der Waals surface area contributed by atoms with Crippen molar-refractivity contribution < 1.29 is 4.79 Å². The zero-order chi connectivity index (χ0) is 21.0. The zero-order valence-corrected chi connectivity index (χ0v) is 17.4. The molecule has 3 heterocycles. The molecule has 0 unspecified atom stereocenters. The molecule has 0 N–H and O–H groups in total. The van der Waals surface area contributed by atoms with Gasteiger partial charge in [-0.3, -0.25) is 18.7 Å². The van der Waals surface area contributed by atoms with Gasteiger partial charge < -0.3 is 9.47 Å². The van der Waals surface area contributed by atoms with Crippen LogP contribution in [-0.2, 0) is 24.9 Å². The minimum atomic E-state index is -0.529. The maximum atomic E-state index is 13.1. The number of aryl methyl sites for hydroxylation is 3. The lowest BCUT2D eigenvalue weighted by Crippen LogP contribution is -2.41. The molecule has 3 aromatic rings. The van der Waals surface area contributed by atoms with Gasteiger partial charge in [-0.1, -0.05) is 13.0 Å². The first-order chi connectivity index (χ1) is 13.7. The van der Waals surface area contributed by atoms with Crippen LogP contribution in [0.15, 0.2) is 27.8 Å². The van der Waals surface area contributed by atoms with E-state index in [1.54, 1.807) is 7.05 Å². The SMILES string of the molecule is CC(=O)Cn1c(=O)c2c(nc3n2C[C@H](C)CN3c2ccc(C)c(C)c2)n(C)c1=O. The van der Waals surface area contributed by atoms with Gasteiger partial charge in [0.1, 0.15) is 5.78 Å². The summed E-state index contributed by atoms with van der Waals surface area (Å²) in [4.78, 5) is 44.2. The second kappa shape index (κ2) is 6.72. The lowest BCUT2D eigenvalue weighted by atomic mass is 10.1. The highest BCUT2D eigenvalue weighted by molar-refractivity contribution is 5.78. The molecule has 2 aromatic heterocycles. The van der Waals surface area contributed by atoms with E-state index in [9.17, 15) is 14.4 Å². The van der Waals surface area contributed by atoms with Gasteiger partial charge in [0.15, 0.2) is 11.2 Å². The van der Waals surface area contributed by atoms with Crippen LogP contribution in [0.5, 0.6) is 0 Å². The van der Waals surface area contributed by atoms with Gasteiger partial charge in [0.25, 0.3) is 5.56 Å². The number of benzene rings is 1.